The summed E-state index contributed by atoms with van der Waals surface area (Å²) in [7, 11) is 0. The largest absolute Gasteiger partial charge is 0.481 e. The fraction of sp³-hybridized carbons (Fsp3) is 0.571. The summed E-state index contributed by atoms with van der Waals surface area (Å²) >= 11 is 0. The zero-order chi connectivity index (χ0) is 15.3. The van der Waals surface area contributed by atoms with E-state index < -0.39 is 11.4 Å². The summed E-state index contributed by atoms with van der Waals surface area (Å²) in [5, 5.41) is 12.0. The first-order valence-corrected chi connectivity index (χ1v) is 7.08. The molecule has 1 aromatic rings. The van der Waals surface area contributed by atoms with Gasteiger partial charge in [0, 0.05) is 12.4 Å². The molecule has 1 fully saturated rings. The lowest BCUT2D eigenvalue weighted by atomic mass is 9.76. The molecule has 1 aromatic heterocycles. The van der Waals surface area contributed by atoms with Crippen molar-refractivity contribution >= 4 is 17.8 Å². The Labute approximate surface area is 123 Å². The Morgan fingerprint density at radius 2 is 1.95 bits per heavy atom. The van der Waals surface area contributed by atoms with Gasteiger partial charge in [0.15, 0.2) is 0 Å². The van der Waals surface area contributed by atoms with E-state index in [4.69, 9.17) is 0 Å². The molecule has 0 bridgehead atoms. The van der Waals surface area contributed by atoms with E-state index in [2.05, 4.69) is 15.3 Å². The number of carbonyl (C=O) groups excluding carboxylic acids is 1. The third-order valence-electron chi connectivity index (χ3n) is 4.13. The number of aliphatic carboxylic acids is 1. The van der Waals surface area contributed by atoms with E-state index in [0.29, 0.717) is 32.4 Å². The van der Waals surface area contributed by atoms with Crippen molar-refractivity contribution in [2.75, 3.05) is 25.0 Å². The topological polar surface area (TPSA) is 95.4 Å². The highest BCUT2D eigenvalue weighted by atomic mass is 16.4. The van der Waals surface area contributed by atoms with Crippen molar-refractivity contribution < 1.29 is 14.7 Å². The SMILES string of the molecule is CCC1(C(=O)O)CCN(CC(=O)Nc2ncccn2)CC1. The molecule has 21 heavy (non-hydrogen) atoms. The van der Waals surface area contributed by atoms with E-state index in [9.17, 15) is 14.7 Å². The Bertz CT molecular complexity index is 498. The second-order valence-electron chi connectivity index (χ2n) is 5.34. The Morgan fingerprint density at radius 3 is 2.48 bits per heavy atom. The van der Waals surface area contributed by atoms with Gasteiger partial charge >= 0.3 is 5.97 Å². The van der Waals surface area contributed by atoms with Crippen molar-refractivity contribution in [1.82, 2.24) is 14.9 Å². The first kappa shape index (κ1) is 15.4. The third kappa shape index (κ3) is 3.75. The zero-order valence-electron chi connectivity index (χ0n) is 12.1. The van der Waals surface area contributed by atoms with Crippen molar-refractivity contribution in [3.05, 3.63) is 18.5 Å². The van der Waals surface area contributed by atoms with Gasteiger partial charge in [0.05, 0.1) is 12.0 Å². The lowest BCUT2D eigenvalue weighted by Gasteiger charge is -2.37. The Balaban J connectivity index is 1.83. The third-order valence-corrected chi connectivity index (χ3v) is 4.13. The molecule has 7 heteroatoms. The number of piperidine rings is 1. The molecule has 0 aromatic carbocycles. The molecular weight excluding hydrogens is 272 g/mol. The molecule has 0 radical (unpaired) electrons. The second-order valence-corrected chi connectivity index (χ2v) is 5.34. The van der Waals surface area contributed by atoms with E-state index >= 15 is 0 Å². The molecule has 2 rings (SSSR count). The van der Waals surface area contributed by atoms with Crippen LogP contribution >= 0.6 is 0 Å². The fourth-order valence-corrected chi connectivity index (χ4v) is 2.59. The van der Waals surface area contributed by atoms with Crippen LogP contribution in [0.3, 0.4) is 0 Å². The maximum atomic E-state index is 11.9. The van der Waals surface area contributed by atoms with Gasteiger partial charge in [0.2, 0.25) is 11.9 Å². The summed E-state index contributed by atoms with van der Waals surface area (Å²) in [4.78, 5) is 33.1. The summed E-state index contributed by atoms with van der Waals surface area (Å²) in [6.07, 6.45) is 4.90. The van der Waals surface area contributed by atoms with Gasteiger partial charge < -0.3 is 5.11 Å². The average Bonchev–Trinajstić information content (AvgIpc) is 2.49. The molecule has 0 unspecified atom stereocenters. The highest BCUT2D eigenvalue weighted by Gasteiger charge is 2.39. The van der Waals surface area contributed by atoms with Crippen LogP contribution in [0.2, 0.25) is 0 Å². The van der Waals surface area contributed by atoms with Crippen LogP contribution in [0.25, 0.3) is 0 Å². The summed E-state index contributed by atoms with van der Waals surface area (Å²) < 4.78 is 0. The number of anilines is 1. The fourth-order valence-electron chi connectivity index (χ4n) is 2.59. The minimum atomic E-state index is -0.730. The maximum absolute atomic E-state index is 11.9. The van der Waals surface area contributed by atoms with E-state index in [1.165, 1.54) is 0 Å². The molecular formula is C14H20N4O3. The molecule has 1 amide bonds. The predicted octanol–water partition coefficient (Wildman–Crippen LogP) is 0.992. The van der Waals surface area contributed by atoms with Crippen LogP contribution in [0.4, 0.5) is 5.95 Å². The molecule has 1 saturated heterocycles. The van der Waals surface area contributed by atoms with Gasteiger partial charge in [-0.25, -0.2) is 9.97 Å². The molecule has 0 aliphatic carbocycles. The van der Waals surface area contributed by atoms with Crippen molar-refractivity contribution in [3.8, 4) is 0 Å². The summed E-state index contributed by atoms with van der Waals surface area (Å²) in [6.45, 7) is 3.37. The standard InChI is InChI=1S/C14H20N4O3/c1-2-14(12(20)21)4-8-18(9-5-14)10-11(19)17-13-15-6-3-7-16-13/h3,6-7H,2,4-5,8-10H2,1H3,(H,20,21)(H,15,16,17,19). The van der Waals surface area contributed by atoms with Crippen LogP contribution < -0.4 is 5.32 Å². The number of amides is 1. The quantitative estimate of drug-likeness (QED) is 0.840. The number of carboxylic acid groups (broad SMARTS) is 1. The van der Waals surface area contributed by atoms with Crippen molar-refractivity contribution in [2.24, 2.45) is 5.41 Å². The van der Waals surface area contributed by atoms with Gasteiger partial charge in [-0.3, -0.25) is 19.8 Å². The van der Waals surface area contributed by atoms with Gasteiger partial charge in [-0.2, -0.15) is 0 Å². The van der Waals surface area contributed by atoms with Crippen LogP contribution in [0, 0.1) is 5.41 Å². The Hall–Kier alpha value is -2.02. The van der Waals surface area contributed by atoms with E-state index in [0.717, 1.165) is 0 Å². The molecule has 0 atom stereocenters. The number of carbonyl (C=O) groups is 2. The lowest BCUT2D eigenvalue weighted by molar-refractivity contribution is -0.152. The normalized spacial score (nSPS) is 18.1. The zero-order valence-corrected chi connectivity index (χ0v) is 12.1. The summed E-state index contributed by atoms with van der Waals surface area (Å²) in [6, 6.07) is 1.68. The van der Waals surface area contributed by atoms with Crippen molar-refractivity contribution in [3.63, 3.8) is 0 Å². The molecule has 2 heterocycles. The van der Waals surface area contributed by atoms with Gasteiger partial charge in [-0.1, -0.05) is 6.92 Å². The molecule has 0 saturated carbocycles. The van der Waals surface area contributed by atoms with Crippen LogP contribution in [0.15, 0.2) is 18.5 Å². The number of hydrogen-bond acceptors (Lipinski definition) is 5. The van der Waals surface area contributed by atoms with Crippen molar-refractivity contribution in [2.45, 2.75) is 26.2 Å². The Morgan fingerprint density at radius 1 is 1.33 bits per heavy atom. The molecule has 2 N–H and O–H groups in total. The van der Waals surface area contributed by atoms with E-state index in [1.807, 2.05) is 11.8 Å². The highest BCUT2D eigenvalue weighted by molar-refractivity contribution is 5.90. The monoisotopic (exact) mass is 292 g/mol. The van der Waals surface area contributed by atoms with Crippen LogP contribution in [-0.2, 0) is 9.59 Å². The smallest absolute Gasteiger partial charge is 0.309 e. The number of nitrogens with one attached hydrogen (secondary N) is 1. The number of likely N-dealkylation sites (tertiary alicyclic amines) is 1. The van der Waals surface area contributed by atoms with Gasteiger partial charge in [0.1, 0.15) is 0 Å². The number of hydrogen-bond donors (Lipinski definition) is 2. The van der Waals surface area contributed by atoms with Gasteiger partial charge in [-0.05, 0) is 38.4 Å². The van der Waals surface area contributed by atoms with Crippen LogP contribution in [0.1, 0.15) is 26.2 Å². The van der Waals surface area contributed by atoms with Gasteiger partial charge in [-0.15, -0.1) is 0 Å². The number of nitrogens with zero attached hydrogens (tertiary/aromatic N) is 3. The van der Waals surface area contributed by atoms with Gasteiger partial charge in [0.25, 0.3) is 0 Å². The number of aromatic nitrogens is 2. The molecule has 114 valence electrons. The molecule has 1 aliphatic heterocycles. The predicted molar refractivity (Wildman–Crippen MR) is 76.7 cm³/mol. The molecule has 0 spiro atoms. The average molecular weight is 292 g/mol. The van der Waals surface area contributed by atoms with E-state index in [-0.39, 0.29) is 18.4 Å². The lowest BCUT2D eigenvalue weighted by Crippen LogP contribution is -2.46. The Kier molecular flexibility index (Phi) is 4.85. The minimum Gasteiger partial charge on any atom is -0.481 e. The van der Waals surface area contributed by atoms with Crippen LogP contribution in [-0.4, -0.2) is 51.5 Å². The highest BCUT2D eigenvalue weighted by Crippen LogP contribution is 2.34. The summed E-state index contributed by atoms with van der Waals surface area (Å²) in [5.74, 6) is -0.625. The maximum Gasteiger partial charge on any atom is 0.309 e. The first-order chi connectivity index (χ1) is 10.1. The number of carboxylic acids is 1. The van der Waals surface area contributed by atoms with E-state index in [1.54, 1.807) is 18.5 Å². The molecule has 1 aliphatic rings. The van der Waals surface area contributed by atoms with Crippen molar-refractivity contribution in [1.29, 1.82) is 0 Å². The van der Waals surface area contributed by atoms with Crippen LogP contribution in [0.5, 0.6) is 0 Å². The number of rotatable bonds is 5. The molecule has 7 nitrogen and oxygen atoms in total. The minimum absolute atomic E-state index is 0.180. The second kappa shape index (κ2) is 6.62. The first-order valence-electron chi connectivity index (χ1n) is 7.08. The summed E-state index contributed by atoms with van der Waals surface area (Å²) in [5.41, 5.74) is -0.629.